The molecule has 0 saturated heterocycles. The van der Waals surface area contributed by atoms with Crippen LogP contribution in [0.1, 0.15) is 38.7 Å². The zero-order chi connectivity index (χ0) is 17.4. The molecule has 0 aliphatic carbocycles. The van der Waals surface area contributed by atoms with E-state index >= 15 is 0 Å². The molecule has 0 fully saturated rings. The second kappa shape index (κ2) is 6.26. The van der Waals surface area contributed by atoms with E-state index in [-0.39, 0.29) is 5.56 Å². The van der Waals surface area contributed by atoms with E-state index in [2.05, 4.69) is 23.8 Å². The number of aromatic nitrogens is 4. The van der Waals surface area contributed by atoms with Crippen LogP contribution in [0.3, 0.4) is 0 Å². The van der Waals surface area contributed by atoms with Gasteiger partial charge in [0, 0.05) is 19.0 Å². The Bertz CT molecular complexity index is 953. The zero-order valence-corrected chi connectivity index (χ0v) is 15.0. The van der Waals surface area contributed by atoms with E-state index < -0.39 is 0 Å². The normalized spacial score (nSPS) is 11.8. The second-order valence-corrected chi connectivity index (χ2v) is 6.49. The number of rotatable bonds is 5. The average molecular weight is 328 g/mol. The fourth-order valence-electron chi connectivity index (χ4n) is 3.06. The Morgan fingerprint density at radius 2 is 2.00 bits per heavy atom. The predicted molar refractivity (Wildman–Crippen MR) is 94.9 cm³/mol. The van der Waals surface area contributed by atoms with Gasteiger partial charge >= 0.3 is 0 Å². The van der Waals surface area contributed by atoms with Crippen LogP contribution in [0.4, 0.5) is 0 Å². The first kappa shape index (κ1) is 16.5. The fraction of sp³-hybridized carbons (Fsp3) is 0.500. The first-order valence-corrected chi connectivity index (χ1v) is 8.43. The molecule has 128 valence electrons. The Hall–Kier alpha value is -2.37. The number of fused-ring (bicyclic) bond motifs is 3. The summed E-state index contributed by atoms with van der Waals surface area (Å²) in [4.78, 5) is 22.3. The van der Waals surface area contributed by atoms with Crippen molar-refractivity contribution in [1.29, 1.82) is 0 Å². The van der Waals surface area contributed by atoms with E-state index in [9.17, 15) is 4.79 Å². The van der Waals surface area contributed by atoms with Crippen LogP contribution in [-0.2, 0) is 13.0 Å². The summed E-state index contributed by atoms with van der Waals surface area (Å²) in [6.45, 7) is 8.90. The van der Waals surface area contributed by atoms with Crippen LogP contribution in [-0.4, -0.2) is 26.0 Å². The van der Waals surface area contributed by atoms with Crippen LogP contribution in [0, 0.1) is 12.8 Å². The third-order valence-corrected chi connectivity index (χ3v) is 4.36. The summed E-state index contributed by atoms with van der Waals surface area (Å²) in [5, 5.41) is 0. The molecule has 3 rings (SSSR count). The Morgan fingerprint density at radius 1 is 1.25 bits per heavy atom. The first-order chi connectivity index (χ1) is 11.5. The molecular weight excluding hydrogens is 304 g/mol. The van der Waals surface area contributed by atoms with Crippen molar-refractivity contribution in [3.8, 4) is 5.88 Å². The van der Waals surface area contributed by atoms with Crippen LogP contribution in [0.15, 0.2) is 16.9 Å². The van der Waals surface area contributed by atoms with E-state index in [1.807, 2.05) is 28.9 Å². The highest BCUT2D eigenvalue weighted by Crippen LogP contribution is 2.21. The zero-order valence-electron chi connectivity index (χ0n) is 15.0. The third kappa shape index (κ3) is 2.56. The van der Waals surface area contributed by atoms with Gasteiger partial charge in [-0.2, -0.15) is 4.98 Å². The molecule has 0 spiro atoms. The number of hydrogen-bond acceptors (Lipinski definition) is 4. The van der Waals surface area contributed by atoms with E-state index in [1.165, 1.54) is 0 Å². The summed E-state index contributed by atoms with van der Waals surface area (Å²) in [6, 6.07) is 3.71. The van der Waals surface area contributed by atoms with Gasteiger partial charge < -0.3 is 9.30 Å². The predicted octanol–water partition coefficient (Wildman–Crippen LogP) is 2.97. The van der Waals surface area contributed by atoms with Crippen molar-refractivity contribution in [3.05, 3.63) is 34.0 Å². The maximum atomic E-state index is 13.1. The van der Waals surface area contributed by atoms with Crippen molar-refractivity contribution in [2.24, 2.45) is 5.92 Å². The summed E-state index contributed by atoms with van der Waals surface area (Å²) >= 11 is 0. The summed E-state index contributed by atoms with van der Waals surface area (Å²) in [7, 11) is 1.60. The highest BCUT2D eigenvalue weighted by Gasteiger charge is 2.18. The maximum Gasteiger partial charge on any atom is 0.277 e. The molecule has 0 N–H and O–H groups in total. The summed E-state index contributed by atoms with van der Waals surface area (Å²) < 4.78 is 9.00. The van der Waals surface area contributed by atoms with Gasteiger partial charge in [0.05, 0.1) is 18.3 Å². The first-order valence-electron chi connectivity index (χ1n) is 8.43. The van der Waals surface area contributed by atoms with Gasteiger partial charge in [0.25, 0.3) is 5.56 Å². The third-order valence-electron chi connectivity index (χ3n) is 4.36. The van der Waals surface area contributed by atoms with Crippen LogP contribution in [0.2, 0.25) is 0 Å². The van der Waals surface area contributed by atoms with Gasteiger partial charge in [0.2, 0.25) is 5.88 Å². The Balaban J connectivity index is 2.43. The van der Waals surface area contributed by atoms with Gasteiger partial charge in [-0.15, -0.1) is 0 Å². The van der Waals surface area contributed by atoms with Crippen molar-refractivity contribution < 1.29 is 4.74 Å². The van der Waals surface area contributed by atoms with Gasteiger partial charge in [0.15, 0.2) is 5.65 Å². The molecule has 0 aliphatic heterocycles. The molecule has 0 aliphatic rings. The van der Waals surface area contributed by atoms with Gasteiger partial charge in [-0.1, -0.05) is 20.8 Å². The Kier molecular flexibility index (Phi) is 4.30. The minimum absolute atomic E-state index is 0.000170. The Morgan fingerprint density at radius 3 is 2.62 bits per heavy atom. The molecule has 0 atom stereocenters. The lowest BCUT2D eigenvalue weighted by Crippen LogP contribution is -2.24. The molecule has 3 aromatic rings. The standard InChI is InChI=1S/C18H24N4O2/c1-6-14-19-12(4)16-18(23)21(10-9-11(2)3)13-7-8-15(24-5)20-17(13)22(14)16/h7-8,11H,6,9-10H2,1-5H3. The Labute approximate surface area is 141 Å². The minimum atomic E-state index is -0.000170. The van der Waals surface area contributed by atoms with Crippen molar-refractivity contribution in [3.63, 3.8) is 0 Å². The highest BCUT2D eigenvalue weighted by atomic mass is 16.5. The number of methoxy groups -OCH3 is 1. The smallest absolute Gasteiger partial charge is 0.277 e. The quantitative estimate of drug-likeness (QED) is 0.722. The SMILES string of the molecule is CCc1nc(C)c2c(=O)n(CCC(C)C)c3ccc(OC)nc3n12. The lowest BCUT2D eigenvalue weighted by atomic mass is 10.1. The van der Waals surface area contributed by atoms with E-state index in [0.717, 1.165) is 35.5 Å². The summed E-state index contributed by atoms with van der Waals surface area (Å²) in [5.41, 5.74) is 2.91. The monoisotopic (exact) mass is 328 g/mol. The van der Waals surface area contributed by atoms with Gasteiger partial charge in [-0.05, 0) is 25.3 Å². The molecule has 0 amide bonds. The molecule has 0 radical (unpaired) electrons. The largest absolute Gasteiger partial charge is 0.481 e. The summed E-state index contributed by atoms with van der Waals surface area (Å²) in [6.07, 6.45) is 1.67. The average Bonchev–Trinajstić information content (AvgIpc) is 2.91. The molecule has 0 aromatic carbocycles. The van der Waals surface area contributed by atoms with E-state index in [4.69, 9.17) is 4.74 Å². The molecule has 3 heterocycles. The van der Waals surface area contributed by atoms with Crippen LogP contribution < -0.4 is 10.3 Å². The van der Waals surface area contributed by atoms with Crippen molar-refractivity contribution in [2.75, 3.05) is 7.11 Å². The topological polar surface area (TPSA) is 61.4 Å². The van der Waals surface area contributed by atoms with Gasteiger partial charge in [-0.3, -0.25) is 9.20 Å². The number of ether oxygens (including phenoxy) is 1. The van der Waals surface area contributed by atoms with Crippen LogP contribution >= 0.6 is 0 Å². The van der Waals surface area contributed by atoms with Crippen LogP contribution in [0.5, 0.6) is 5.88 Å². The number of aryl methyl sites for hydroxylation is 3. The lowest BCUT2D eigenvalue weighted by molar-refractivity contribution is 0.399. The summed E-state index contributed by atoms with van der Waals surface area (Å²) in [5.74, 6) is 1.90. The molecule has 24 heavy (non-hydrogen) atoms. The van der Waals surface area contributed by atoms with Gasteiger partial charge in [0.1, 0.15) is 11.3 Å². The van der Waals surface area contributed by atoms with Crippen molar-refractivity contribution in [2.45, 2.75) is 47.1 Å². The van der Waals surface area contributed by atoms with E-state index in [0.29, 0.717) is 23.9 Å². The van der Waals surface area contributed by atoms with Crippen molar-refractivity contribution in [1.82, 2.24) is 18.9 Å². The number of nitrogens with zero attached hydrogens (tertiary/aromatic N) is 4. The molecule has 0 saturated carbocycles. The number of imidazole rings is 1. The lowest BCUT2D eigenvalue weighted by Gasteiger charge is -2.14. The van der Waals surface area contributed by atoms with E-state index in [1.54, 1.807) is 13.2 Å². The fourth-order valence-corrected chi connectivity index (χ4v) is 3.06. The highest BCUT2D eigenvalue weighted by molar-refractivity contribution is 5.77. The van der Waals surface area contributed by atoms with Crippen LogP contribution in [0.25, 0.3) is 16.7 Å². The molecular formula is C18H24N4O2. The molecule has 3 aromatic heterocycles. The number of hydrogen-bond donors (Lipinski definition) is 0. The second-order valence-electron chi connectivity index (χ2n) is 6.49. The molecule has 6 nitrogen and oxygen atoms in total. The molecule has 0 bridgehead atoms. The van der Waals surface area contributed by atoms with Gasteiger partial charge in [-0.25, -0.2) is 4.98 Å². The van der Waals surface area contributed by atoms with Crippen molar-refractivity contribution >= 4 is 16.7 Å². The molecule has 6 heteroatoms. The molecule has 0 unspecified atom stereocenters. The minimum Gasteiger partial charge on any atom is -0.481 e. The number of pyridine rings is 1. The maximum absolute atomic E-state index is 13.1.